The Morgan fingerprint density at radius 2 is 1.26 bits per heavy atom. The van der Waals surface area contributed by atoms with Crippen molar-refractivity contribution in [2.45, 2.75) is 6.61 Å². The normalized spacial score (nSPS) is 10.6. The first-order valence-corrected chi connectivity index (χ1v) is 10.6. The van der Waals surface area contributed by atoms with E-state index in [0.29, 0.717) is 39.6 Å². The topological polar surface area (TPSA) is 98.1 Å². The lowest BCUT2D eigenvalue weighted by Crippen LogP contribution is -2.17. The van der Waals surface area contributed by atoms with Gasteiger partial charge in [-0.1, -0.05) is 12.1 Å². The van der Waals surface area contributed by atoms with Crippen molar-refractivity contribution >= 4 is 22.9 Å². The van der Waals surface area contributed by atoms with Crippen LogP contribution in [0.15, 0.2) is 60.7 Å². The molecule has 0 amide bonds. The van der Waals surface area contributed by atoms with Gasteiger partial charge >= 0.3 is 5.97 Å². The molecule has 0 saturated heterocycles. The van der Waals surface area contributed by atoms with Crippen molar-refractivity contribution in [3.63, 3.8) is 0 Å². The second-order valence-electron chi connectivity index (χ2n) is 7.44. The highest BCUT2D eigenvalue weighted by Gasteiger charge is 2.21. The van der Waals surface area contributed by atoms with Crippen molar-refractivity contribution < 1.29 is 33.3 Å². The summed E-state index contributed by atoms with van der Waals surface area (Å²) < 4.78 is 28.0. The molecule has 35 heavy (non-hydrogen) atoms. The number of methoxy groups -OCH3 is 4. The molecule has 9 heteroatoms. The van der Waals surface area contributed by atoms with Gasteiger partial charge in [-0.2, -0.15) is 0 Å². The van der Waals surface area contributed by atoms with E-state index in [1.165, 1.54) is 33.0 Å². The van der Waals surface area contributed by atoms with E-state index in [4.69, 9.17) is 23.7 Å². The zero-order chi connectivity index (χ0) is 24.9. The molecule has 0 unspecified atom stereocenters. The second kappa shape index (κ2) is 10.2. The van der Waals surface area contributed by atoms with Gasteiger partial charge in [0.15, 0.2) is 5.82 Å². The Bertz CT molecular complexity index is 1350. The van der Waals surface area contributed by atoms with Gasteiger partial charge in [-0.25, -0.2) is 9.78 Å². The van der Waals surface area contributed by atoms with Gasteiger partial charge in [0.05, 0.1) is 45.0 Å². The van der Waals surface area contributed by atoms with Gasteiger partial charge in [-0.05, 0) is 36.4 Å². The molecule has 0 aliphatic rings. The summed E-state index contributed by atoms with van der Waals surface area (Å²) in [4.78, 5) is 30.9. The van der Waals surface area contributed by atoms with Gasteiger partial charge in [-0.3, -0.25) is 9.36 Å². The summed E-state index contributed by atoms with van der Waals surface area (Å²) in [5, 5.41) is 0. The Morgan fingerprint density at radius 3 is 1.80 bits per heavy atom. The van der Waals surface area contributed by atoms with Crippen molar-refractivity contribution in [3.05, 3.63) is 77.6 Å². The van der Waals surface area contributed by atoms with E-state index in [2.05, 4.69) is 4.98 Å². The van der Waals surface area contributed by atoms with E-state index in [9.17, 15) is 9.59 Å². The van der Waals surface area contributed by atoms with Crippen LogP contribution in [0.3, 0.4) is 0 Å². The van der Waals surface area contributed by atoms with E-state index in [1.54, 1.807) is 54.6 Å². The largest absolute Gasteiger partial charge is 0.497 e. The van der Waals surface area contributed by atoms with Crippen LogP contribution in [0, 0.1) is 0 Å². The summed E-state index contributed by atoms with van der Waals surface area (Å²) in [6.45, 7) is -0.236. The molecule has 0 N–H and O–H groups in total. The smallest absolute Gasteiger partial charge is 0.338 e. The van der Waals surface area contributed by atoms with Gasteiger partial charge < -0.3 is 23.7 Å². The second-order valence-corrected chi connectivity index (χ2v) is 7.44. The van der Waals surface area contributed by atoms with Crippen LogP contribution in [-0.2, 0) is 11.3 Å². The zero-order valence-corrected chi connectivity index (χ0v) is 19.7. The standard InChI is InChI=1S/C26H24N2O7/c1-31-18-9-16(10-19(13-18)32-2)25(29)28-23-8-6-5-7-22(23)27-24(28)15-35-26(30)17-11-20(33-3)14-21(12-17)34-4/h5-14H,15H2,1-4H3. The van der Waals surface area contributed by atoms with Crippen LogP contribution >= 0.6 is 0 Å². The predicted octanol–water partition coefficient (Wildman–Crippen LogP) is 4.12. The number of nitrogens with zero attached hydrogens (tertiary/aromatic N) is 2. The van der Waals surface area contributed by atoms with Crippen molar-refractivity contribution in [2.75, 3.05) is 28.4 Å². The van der Waals surface area contributed by atoms with Crippen LogP contribution in [0.5, 0.6) is 23.0 Å². The fourth-order valence-corrected chi connectivity index (χ4v) is 3.60. The molecule has 0 atom stereocenters. The molecular weight excluding hydrogens is 452 g/mol. The quantitative estimate of drug-likeness (QED) is 0.351. The average molecular weight is 476 g/mol. The fraction of sp³-hybridized carbons (Fsp3) is 0.192. The van der Waals surface area contributed by atoms with Crippen molar-refractivity contribution in [3.8, 4) is 23.0 Å². The van der Waals surface area contributed by atoms with Crippen molar-refractivity contribution in [1.29, 1.82) is 0 Å². The SMILES string of the molecule is COc1cc(OC)cc(C(=O)OCc2nc3ccccc3n2C(=O)c2cc(OC)cc(OC)c2)c1. The minimum Gasteiger partial charge on any atom is -0.497 e. The molecule has 9 nitrogen and oxygen atoms in total. The van der Waals surface area contributed by atoms with E-state index in [0.717, 1.165) is 0 Å². The summed E-state index contributed by atoms with van der Waals surface area (Å²) in [6.07, 6.45) is 0. The van der Waals surface area contributed by atoms with Crippen LogP contribution < -0.4 is 18.9 Å². The molecule has 0 aliphatic heterocycles. The fourth-order valence-electron chi connectivity index (χ4n) is 3.60. The monoisotopic (exact) mass is 476 g/mol. The first kappa shape index (κ1) is 23.6. The minimum absolute atomic E-state index is 0.236. The van der Waals surface area contributed by atoms with Crippen molar-refractivity contribution in [2.24, 2.45) is 0 Å². The Labute approximate surface area is 201 Å². The number of carbonyl (C=O) groups excluding carboxylic acids is 2. The van der Waals surface area contributed by atoms with E-state index in [1.807, 2.05) is 6.07 Å². The minimum atomic E-state index is -0.615. The molecule has 0 fully saturated rings. The summed E-state index contributed by atoms with van der Waals surface area (Å²) in [5.41, 5.74) is 1.74. The summed E-state index contributed by atoms with van der Waals surface area (Å²) in [6, 6.07) is 16.8. The average Bonchev–Trinajstić information content (AvgIpc) is 3.28. The molecule has 0 radical (unpaired) electrons. The third-order valence-electron chi connectivity index (χ3n) is 5.35. The molecule has 3 aromatic carbocycles. The Balaban J connectivity index is 1.69. The number of hydrogen-bond acceptors (Lipinski definition) is 8. The maximum atomic E-state index is 13.6. The molecule has 180 valence electrons. The molecule has 4 aromatic rings. The third kappa shape index (κ3) is 4.89. The van der Waals surface area contributed by atoms with Crippen LogP contribution in [0.25, 0.3) is 11.0 Å². The van der Waals surface area contributed by atoms with E-state index < -0.39 is 5.97 Å². The lowest BCUT2D eigenvalue weighted by atomic mass is 10.1. The maximum Gasteiger partial charge on any atom is 0.338 e. The summed E-state index contributed by atoms with van der Waals surface area (Å²) in [5.74, 6) is 1.12. The van der Waals surface area contributed by atoms with Gasteiger partial charge in [-0.15, -0.1) is 0 Å². The lowest BCUT2D eigenvalue weighted by Gasteiger charge is -2.12. The number of rotatable bonds is 8. The molecule has 0 aliphatic carbocycles. The zero-order valence-electron chi connectivity index (χ0n) is 19.7. The Hall–Kier alpha value is -4.53. The van der Waals surface area contributed by atoms with E-state index >= 15 is 0 Å². The summed E-state index contributed by atoms with van der Waals surface area (Å²) in [7, 11) is 6.00. The number of aromatic nitrogens is 2. The molecule has 0 spiro atoms. The van der Waals surface area contributed by atoms with Gasteiger partial charge in [0, 0.05) is 17.7 Å². The molecule has 1 aromatic heterocycles. The Morgan fingerprint density at radius 1 is 0.743 bits per heavy atom. The molecule has 0 saturated carbocycles. The van der Waals surface area contributed by atoms with Crippen LogP contribution in [-0.4, -0.2) is 49.9 Å². The highest BCUT2D eigenvalue weighted by atomic mass is 16.5. The first-order valence-electron chi connectivity index (χ1n) is 10.6. The van der Waals surface area contributed by atoms with Gasteiger partial charge in [0.2, 0.25) is 0 Å². The van der Waals surface area contributed by atoms with E-state index in [-0.39, 0.29) is 23.9 Å². The number of hydrogen-bond donors (Lipinski definition) is 0. The van der Waals surface area contributed by atoms with Crippen LogP contribution in [0.1, 0.15) is 26.5 Å². The molecule has 4 rings (SSSR count). The van der Waals surface area contributed by atoms with Gasteiger partial charge in [0.1, 0.15) is 29.6 Å². The Kier molecular flexibility index (Phi) is 6.86. The molecular formula is C26H24N2O7. The van der Waals surface area contributed by atoms with Crippen molar-refractivity contribution in [1.82, 2.24) is 9.55 Å². The van der Waals surface area contributed by atoms with Crippen LogP contribution in [0.4, 0.5) is 0 Å². The number of fused-ring (bicyclic) bond motifs is 1. The lowest BCUT2D eigenvalue weighted by molar-refractivity contribution is 0.0455. The first-order chi connectivity index (χ1) is 17.0. The highest BCUT2D eigenvalue weighted by molar-refractivity contribution is 6.02. The number of ether oxygens (including phenoxy) is 5. The number of para-hydroxylation sites is 2. The van der Waals surface area contributed by atoms with Gasteiger partial charge in [0.25, 0.3) is 5.91 Å². The van der Waals surface area contributed by atoms with Crippen LogP contribution in [0.2, 0.25) is 0 Å². The third-order valence-corrected chi connectivity index (χ3v) is 5.35. The molecule has 1 heterocycles. The number of benzene rings is 3. The number of carbonyl (C=O) groups is 2. The number of imidazole rings is 1. The predicted molar refractivity (Wildman–Crippen MR) is 128 cm³/mol. The molecule has 0 bridgehead atoms. The number of esters is 1. The highest BCUT2D eigenvalue weighted by Crippen LogP contribution is 2.26. The maximum absolute atomic E-state index is 13.6. The summed E-state index contributed by atoms with van der Waals surface area (Å²) >= 11 is 0.